The summed E-state index contributed by atoms with van der Waals surface area (Å²) < 4.78 is 0. The molecule has 0 amide bonds. The number of allylic oxidation sites excluding steroid dienone is 8. The Hall–Kier alpha value is -0.250. The molecule has 0 radical (unpaired) electrons. The Morgan fingerprint density at radius 2 is 0.970 bits per heavy atom. The van der Waals surface area contributed by atoms with Gasteiger partial charge in [-0.2, -0.15) is 0 Å². The minimum atomic E-state index is 0. The molecule has 2 fully saturated rings. The molecule has 2 N–H and O–H groups in total. The minimum Gasteiger partial charge on any atom is -0.396 e. The van der Waals surface area contributed by atoms with Crippen LogP contribution in [0.25, 0.3) is 0 Å². The summed E-state index contributed by atoms with van der Waals surface area (Å²) in [7, 11) is 0. The van der Waals surface area contributed by atoms with Crippen molar-refractivity contribution in [3.05, 3.63) is 63.5 Å². The maximum Gasteiger partial charge on any atom is 0.0430 e. The van der Waals surface area contributed by atoms with Gasteiger partial charge in [0.15, 0.2) is 0 Å². The molecule has 4 aliphatic rings. The van der Waals surface area contributed by atoms with Crippen LogP contribution in [0.15, 0.2) is 48.6 Å². The first-order valence-electron chi connectivity index (χ1n) is 12.7. The zero-order chi connectivity index (χ0) is 21.6. The molecular weight excluding hydrogens is 571 g/mol. The Balaban J connectivity index is 0. The van der Waals surface area contributed by atoms with Crippen LogP contribution in [0.3, 0.4) is 0 Å². The molecule has 6 atom stereocenters. The minimum absolute atomic E-state index is 0. The normalized spacial score (nSPS) is 29.7. The molecule has 33 heavy (non-hydrogen) atoms. The largest absolute Gasteiger partial charge is 0.396 e. The van der Waals surface area contributed by atoms with Crippen molar-refractivity contribution in [3.8, 4) is 0 Å². The van der Waals surface area contributed by atoms with Crippen molar-refractivity contribution in [1.29, 1.82) is 0 Å². The number of aliphatic hydroxyl groups is 2. The molecule has 2 saturated carbocycles. The van der Waals surface area contributed by atoms with Crippen molar-refractivity contribution in [2.24, 2.45) is 35.5 Å². The zero-order valence-electron chi connectivity index (χ0n) is 22.0. The fourth-order valence-corrected chi connectivity index (χ4v) is 5.55. The SMILES string of the molecule is C1=CC2CC[C@H](CC[C@H]3CCC4C=CC=CC43)C2C=C1.CCCCO.CCCCO.[CH3-].[CH3-].[Hf]. The number of unbranched alkanes of at least 4 members (excludes halogenated alkanes) is 2. The molecule has 0 aromatic rings. The number of aliphatic hydroxyl groups excluding tert-OH is 2. The van der Waals surface area contributed by atoms with Crippen molar-refractivity contribution >= 4 is 0 Å². The summed E-state index contributed by atoms with van der Waals surface area (Å²) in [5.41, 5.74) is 0. The summed E-state index contributed by atoms with van der Waals surface area (Å²) in [5, 5.41) is 16.1. The fourth-order valence-electron chi connectivity index (χ4n) is 5.55. The predicted molar refractivity (Wildman–Crippen MR) is 142 cm³/mol. The van der Waals surface area contributed by atoms with Crippen molar-refractivity contribution in [1.82, 2.24) is 0 Å². The molecule has 190 valence electrons. The Morgan fingerprint density at radius 1 is 0.606 bits per heavy atom. The Morgan fingerprint density at radius 3 is 1.27 bits per heavy atom. The smallest absolute Gasteiger partial charge is 0.0430 e. The van der Waals surface area contributed by atoms with E-state index >= 15 is 0 Å². The molecule has 2 nitrogen and oxygen atoms in total. The third-order valence-corrected chi connectivity index (χ3v) is 7.36. The average molecular weight is 623 g/mol. The van der Waals surface area contributed by atoms with Crippen molar-refractivity contribution < 1.29 is 36.1 Å². The second kappa shape index (κ2) is 21.1. The Bertz CT molecular complexity index is 512. The monoisotopic (exact) mass is 624 g/mol. The van der Waals surface area contributed by atoms with Crippen LogP contribution in [0.4, 0.5) is 0 Å². The first-order valence-corrected chi connectivity index (χ1v) is 12.7. The standard InChI is InChI=1S/C20H26.2C4H10O.2CH3.Hf/c1-3-7-19-15(5-1)9-11-17(19)13-14-18-12-10-16-6-2-4-8-20(16)18;2*1-2-3-4-5;;;/h1-8,15-20H,9-14H2;2*5H,2-4H2,1H3;2*1H3;/q;;;2*-1;/t15?,16?,17-,18-,19?,20?;;;;;/m1...../s1. The van der Waals surface area contributed by atoms with Crippen molar-refractivity contribution in [3.63, 3.8) is 0 Å². The van der Waals surface area contributed by atoms with Gasteiger partial charge < -0.3 is 25.1 Å². The number of hydrogen-bond acceptors (Lipinski definition) is 2. The summed E-state index contributed by atoms with van der Waals surface area (Å²) >= 11 is 0. The zero-order valence-corrected chi connectivity index (χ0v) is 25.6. The molecule has 0 aromatic heterocycles. The predicted octanol–water partition coefficient (Wildman–Crippen LogP) is 7.76. The van der Waals surface area contributed by atoms with Gasteiger partial charge in [0.1, 0.15) is 0 Å². The summed E-state index contributed by atoms with van der Waals surface area (Å²) in [6.45, 7) is 4.79. The Kier molecular flexibility index (Phi) is 22.3. The second-order valence-electron chi connectivity index (χ2n) is 9.43. The third-order valence-electron chi connectivity index (χ3n) is 7.36. The number of rotatable bonds is 7. The van der Waals surface area contributed by atoms with Crippen LogP contribution in [0.2, 0.25) is 0 Å². The van der Waals surface area contributed by atoms with Gasteiger partial charge >= 0.3 is 0 Å². The van der Waals surface area contributed by atoms with E-state index in [1.54, 1.807) is 0 Å². The first kappa shape index (κ1) is 34.9. The van der Waals surface area contributed by atoms with Gasteiger partial charge in [0.25, 0.3) is 0 Å². The summed E-state index contributed by atoms with van der Waals surface area (Å²) in [6.07, 6.45) is 31.7. The van der Waals surface area contributed by atoms with Crippen LogP contribution in [0.1, 0.15) is 78.1 Å². The third kappa shape index (κ3) is 11.8. The van der Waals surface area contributed by atoms with E-state index in [0.29, 0.717) is 13.2 Å². The van der Waals surface area contributed by atoms with Gasteiger partial charge in [-0.05, 0) is 86.9 Å². The maximum absolute atomic E-state index is 8.07. The number of fused-ring (bicyclic) bond motifs is 2. The molecule has 4 unspecified atom stereocenters. The van der Waals surface area contributed by atoms with E-state index in [9.17, 15) is 0 Å². The summed E-state index contributed by atoms with van der Waals surface area (Å²) in [6, 6.07) is 0. The average Bonchev–Trinajstić information content (AvgIpc) is 3.38. The van der Waals surface area contributed by atoms with Gasteiger partial charge in [-0.15, -0.1) is 0 Å². The first-order chi connectivity index (χ1) is 14.7. The van der Waals surface area contributed by atoms with Crippen LogP contribution >= 0.6 is 0 Å². The summed E-state index contributed by atoms with van der Waals surface area (Å²) in [4.78, 5) is 0. The summed E-state index contributed by atoms with van der Waals surface area (Å²) in [5.74, 6) is 5.36. The van der Waals surface area contributed by atoms with E-state index in [1.807, 2.05) is 0 Å². The van der Waals surface area contributed by atoms with E-state index < -0.39 is 0 Å². The molecule has 0 saturated heterocycles. The van der Waals surface area contributed by atoms with E-state index in [4.69, 9.17) is 10.2 Å². The van der Waals surface area contributed by atoms with E-state index in [-0.39, 0.29) is 40.7 Å². The van der Waals surface area contributed by atoms with Crippen LogP contribution in [-0.4, -0.2) is 23.4 Å². The van der Waals surface area contributed by atoms with E-state index in [2.05, 4.69) is 62.5 Å². The van der Waals surface area contributed by atoms with Crippen molar-refractivity contribution in [2.45, 2.75) is 78.1 Å². The maximum atomic E-state index is 8.07. The van der Waals surface area contributed by atoms with Crippen molar-refractivity contribution in [2.75, 3.05) is 13.2 Å². The van der Waals surface area contributed by atoms with Gasteiger partial charge in [-0.1, -0.05) is 75.3 Å². The molecular formula is C30H52HfO2-2. The number of hydrogen-bond donors (Lipinski definition) is 2. The topological polar surface area (TPSA) is 40.5 Å². The van der Waals surface area contributed by atoms with E-state index in [0.717, 1.165) is 61.2 Å². The van der Waals surface area contributed by atoms with Gasteiger partial charge in [-0.25, -0.2) is 0 Å². The van der Waals surface area contributed by atoms with E-state index in [1.165, 1.54) is 38.5 Å². The molecule has 0 aromatic carbocycles. The Labute approximate surface area is 225 Å². The molecule has 4 aliphatic carbocycles. The van der Waals surface area contributed by atoms with Crippen LogP contribution in [0.5, 0.6) is 0 Å². The molecule has 0 aliphatic heterocycles. The van der Waals surface area contributed by atoms with Gasteiger partial charge in [0.05, 0.1) is 0 Å². The molecule has 4 rings (SSSR count). The molecule has 0 heterocycles. The van der Waals surface area contributed by atoms with Crippen LogP contribution in [0, 0.1) is 50.4 Å². The second-order valence-corrected chi connectivity index (χ2v) is 9.43. The van der Waals surface area contributed by atoms with Gasteiger partial charge in [0, 0.05) is 39.1 Å². The fraction of sp³-hybridized carbons (Fsp3) is 0.667. The molecule has 3 heteroatoms. The molecule has 0 bridgehead atoms. The quantitative estimate of drug-likeness (QED) is 0.225. The van der Waals surface area contributed by atoms with Gasteiger partial charge in [-0.3, -0.25) is 0 Å². The van der Waals surface area contributed by atoms with Crippen LogP contribution in [-0.2, 0) is 25.8 Å². The van der Waals surface area contributed by atoms with Gasteiger partial charge in [0.2, 0.25) is 0 Å². The van der Waals surface area contributed by atoms with Crippen LogP contribution < -0.4 is 0 Å². The molecule has 0 spiro atoms.